The molecule has 0 aromatic heterocycles. The van der Waals surface area contributed by atoms with E-state index < -0.39 is 0 Å². The van der Waals surface area contributed by atoms with Gasteiger partial charge in [0.05, 0.1) is 0 Å². The predicted octanol–water partition coefficient (Wildman–Crippen LogP) is 3.75. The van der Waals surface area contributed by atoms with Gasteiger partial charge in [-0.1, -0.05) is 24.3 Å². The molecule has 2 aromatic rings. The molecule has 30 heavy (non-hydrogen) atoms. The van der Waals surface area contributed by atoms with Crippen molar-refractivity contribution < 1.29 is 18.7 Å². The van der Waals surface area contributed by atoms with Crippen LogP contribution in [0, 0.1) is 5.82 Å². The van der Waals surface area contributed by atoms with Gasteiger partial charge in [-0.3, -0.25) is 9.69 Å². The zero-order valence-electron chi connectivity index (χ0n) is 17.1. The molecule has 2 aromatic carbocycles. The van der Waals surface area contributed by atoms with Gasteiger partial charge in [-0.15, -0.1) is 0 Å². The molecule has 1 amide bonds. The van der Waals surface area contributed by atoms with Gasteiger partial charge in [0.1, 0.15) is 19.0 Å². The number of likely N-dealkylation sites (tertiary alicyclic amines) is 2. The van der Waals surface area contributed by atoms with Crippen molar-refractivity contribution in [3.63, 3.8) is 0 Å². The van der Waals surface area contributed by atoms with Gasteiger partial charge in [-0.2, -0.15) is 0 Å². The molecule has 0 saturated carbocycles. The number of ether oxygens (including phenoxy) is 2. The minimum atomic E-state index is -0.233. The van der Waals surface area contributed by atoms with Crippen molar-refractivity contribution in [1.82, 2.24) is 9.80 Å². The van der Waals surface area contributed by atoms with Crippen molar-refractivity contribution in [3.8, 4) is 11.5 Å². The largest absolute Gasteiger partial charge is 0.486 e. The number of nitrogens with zero attached hydrogens (tertiary/aromatic N) is 2. The summed E-state index contributed by atoms with van der Waals surface area (Å²) in [5.74, 6) is 1.56. The first-order valence-corrected chi connectivity index (χ1v) is 10.8. The smallest absolute Gasteiger partial charge is 0.223 e. The molecule has 3 aliphatic heterocycles. The molecule has 0 radical (unpaired) electrons. The normalized spacial score (nSPS) is 20.7. The van der Waals surface area contributed by atoms with E-state index in [1.165, 1.54) is 11.6 Å². The number of fused-ring (bicyclic) bond motifs is 1. The number of piperidine rings is 1. The van der Waals surface area contributed by atoms with Crippen LogP contribution in [0.1, 0.15) is 36.8 Å². The molecule has 2 saturated heterocycles. The molecular formula is C24H27FN2O3. The number of rotatable bonds is 4. The van der Waals surface area contributed by atoms with E-state index in [9.17, 15) is 9.18 Å². The fraction of sp³-hybridized carbons (Fsp3) is 0.458. The predicted molar refractivity (Wildman–Crippen MR) is 111 cm³/mol. The summed E-state index contributed by atoms with van der Waals surface area (Å²) in [6.07, 6.45) is 3.30. The highest BCUT2D eigenvalue weighted by Gasteiger charge is 2.46. The monoisotopic (exact) mass is 410 g/mol. The fourth-order valence-corrected chi connectivity index (χ4v) is 5.02. The van der Waals surface area contributed by atoms with Crippen LogP contribution in [0.3, 0.4) is 0 Å². The Morgan fingerprint density at radius 2 is 1.70 bits per heavy atom. The third-order valence-electron chi connectivity index (χ3n) is 6.76. The maximum absolute atomic E-state index is 14.2. The van der Waals surface area contributed by atoms with E-state index in [1.807, 2.05) is 17.0 Å². The molecule has 6 heteroatoms. The quantitative estimate of drug-likeness (QED) is 0.770. The first-order chi connectivity index (χ1) is 14.6. The van der Waals surface area contributed by atoms with Gasteiger partial charge in [-0.05, 0) is 43.0 Å². The highest BCUT2D eigenvalue weighted by Crippen LogP contribution is 2.41. The Bertz CT molecular complexity index is 940. The van der Waals surface area contributed by atoms with E-state index in [2.05, 4.69) is 17.0 Å². The van der Waals surface area contributed by atoms with Crippen molar-refractivity contribution >= 4 is 5.91 Å². The van der Waals surface area contributed by atoms with Crippen LogP contribution in [0.4, 0.5) is 4.39 Å². The number of amides is 1. The summed E-state index contributed by atoms with van der Waals surface area (Å²) in [4.78, 5) is 17.0. The second kappa shape index (κ2) is 7.91. The SMILES string of the molecule is O=C1CCC2(CCN(Cc3ccc4c(c3)OCCO4)CC2)N1Cc1ccccc1F. The highest BCUT2D eigenvalue weighted by molar-refractivity contribution is 5.79. The fourth-order valence-electron chi connectivity index (χ4n) is 5.02. The maximum atomic E-state index is 14.2. The zero-order chi connectivity index (χ0) is 20.6. The van der Waals surface area contributed by atoms with E-state index in [1.54, 1.807) is 12.1 Å². The average Bonchev–Trinajstić information content (AvgIpc) is 3.07. The average molecular weight is 410 g/mol. The zero-order valence-corrected chi connectivity index (χ0v) is 17.1. The third kappa shape index (κ3) is 3.65. The Labute approximate surface area is 176 Å². The first-order valence-electron chi connectivity index (χ1n) is 10.8. The Morgan fingerprint density at radius 3 is 2.50 bits per heavy atom. The molecule has 0 unspecified atom stereocenters. The number of carbonyl (C=O) groups excluding carboxylic acids is 1. The van der Waals surface area contributed by atoms with Crippen LogP contribution >= 0.6 is 0 Å². The molecule has 5 nitrogen and oxygen atoms in total. The maximum Gasteiger partial charge on any atom is 0.223 e. The standard InChI is InChI=1S/C24H27FN2O3/c25-20-4-2-1-3-19(20)17-27-23(28)7-8-24(27)9-11-26(12-10-24)16-18-5-6-21-22(15-18)30-14-13-29-21/h1-6,15H,7-14,16-17H2. The second-order valence-electron chi connectivity index (χ2n) is 8.55. The van der Waals surface area contributed by atoms with Crippen molar-refractivity contribution in [2.24, 2.45) is 0 Å². The van der Waals surface area contributed by atoms with Crippen molar-refractivity contribution in [2.75, 3.05) is 26.3 Å². The van der Waals surface area contributed by atoms with Crippen LogP contribution < -0.4 is 9.47 Å². The lowest BCUT2D eigenvalue weighted by Crippen LogP contribution is -2.52. The van der Waals surface area contributed by atoms with E-state index in [0.717, 1.165) is 50.4 Å². The van der Waals surface area contributed by atoms with Gasteiger partial charge in [-0.25, -0.2) is 4.39 Å². The minimum Gasteiger partial charge on any atom is -0.486 e. The number of carbonyl (C=O) groups is 1. The van der Waals surface area contributed by atoms with Crippen LogP contribution in [0.15, 0.2) is 42.5 Å². The van der Waals surface area contributed by atoms with E-state index in [-0.39, 0.29) is 17.3 Å². The number of benzene rings is 2. The van der Waals surface area contributed by atoms with Gasteiger partial charge < -0.3 is 14.4 Å². The first kappa shape index (κ1) is 19.4. The van der Waals surface area contributed by atoms with Crippen LogP contribution in [0.25, 0.3) is 0 Å². The lowest BCUT2D eigenvalue weighted by atomic mass is 9.84. The third-order valence-corrected chi connectivity index (χ3v) is 6.76. The van der Waals surface area contributed by atoms with Crippen molar-refractivity contribution in [3.05, 3.63) is 59.4 Å². The summed E-state index contributed by atoms with van der Waals surface area (Å²) < 4.78 is 25.5. The summed E-state index contributed by atoms with van der Waals surface area (Å²) in [5, 5.41) is 0. The number of hydrogen-bond acceptors (Lipinski definition) is 4. The van der Waals surface area contributed by atoms with Crippen LogP contribution in [-0.4, -0.2) is 47.5 Å². The lowest BCUT2D eigenvalue weighted by molar-refractivity contribution is -0.133. The molecule has 2 fully saturated rings. The Kier molecular flexibility index (Phi) is 5.11. The molecule has 0 N–H and O–H groups in total. The van der Waals surface area contributed by atoms with Crippen LogP contribution in [-0.2, 0) is 17.9 Å². The van der Waals surface area contributed by atoms with Crippen molar-refractivity contribution in [2.45, 2.75) is 44.3 Å². The highest BCUT2D eigenvalue weighted by atomic mass is 19.1. The van der Waals surface area contributed by atoms with Gasteiger partial charge in [0.25, 0.3) is 0 Å². The molecular weight excluding hydrogens is 383 g/mol. The van der Waals surface area contributed by atoms with Crippen molar-refractivity contribution in [1.29, 1.82) is 0 Å². The van der Waals surface area contributed by atoms with Gasteiger partial charge in [0, 0.05) is 43.7 Å². The molecule has 3 aliphatic rings. The number of hydrogen-bond donors (Lipinski definition) is 0. The summed E-state index contributed by atoms with van der Waals surface area (Å²) in [7, 11) is 0. The number of halogens is 1. The van der Waals surface area contributed by atoms with Gasteiger partial charge >= 0.3 is 0 Å². The summed E-state index contributed by atoms with van der Waals surface area (Å²) in [6.45, 7) is 4.27. The summed E-state index contributed by atoms with van der Waals surface area (Å²) in [6, 6.07) is 12.9. The molecule has 158 valence electrons. The molecule has 0 aliphatic carbocycles. The summed E-state index contributed by atoms with van der Waals surface area (Å²) in [5.41, 5.74) is 1.68. The second-order valence-corrected chi connectivity index (χ2v) is 8.55. The Morgan fingerprint density at radius 1 is 0.933 bits per heavy atom. The van der Waals surface area contributed by atoms with Gasteiger partial charge in [0.15, 0.2) is 11.5 Å². The van der Waals surface area contributed by atoms with Crippen LogP contribution in [0.5, 0.6) is 11.5 Å². The molecule has 0 atom stereocenters. The summed E-state index contributed by atoms with van der Waals surface area (Å²) >= 11 is 0. The van der Waals surface area contributed by atoms with E-state index in [4.69, 9.17) is 9.47 Å². The van der Waals surface area contributed by atoms with E-state index >= 15 is 0 Å². The lowest BCUT2D eigenvalue weighted by Gasteiger charge is -2.45. The molecule has 5 rings (SSSR count). The minimum absolute atomic E-state index is 0.136. The molecule has 1 spiro atoms. The van der Waals surface area contributed by atoms with E-state index in [0.29, 0.717) is 31.7 Å². The molecule has 0 bridgehead atoms. The Balaban J connectivity index is 1.25. The Hall–Kier alpha value is -2.60. The van der Waals surface area contributed by atoms with Gasteiger partial charge in [0.2, 0.25) is 5.91 Å². The van der Waals surface area contributed by atoms with Crippen LogP contribution in [0.2, 0.25) is 0 Å². The molecule has 3 heterocycles. The topological polar surface area (TPSA) is 42.0 Å².